The first-order valence-corrected chi connectivity index (χ1v) is 8.12. The maximum atomic E-state index is 12.4. The molecule has 1 amide bonds. The van der Waals surface area contributed by atoms with Gasteiger partial charge in [0.1, 0.15) is 5.75 Å². The Morgan fingerprint density at radius 3 is 2.76 bits per heavy atom. The summed E-state index contributed by atoms with van der Waals surface area (Å²) >= 11 is 0. The van der Waals surface area contributed by atoms with Gasteiger partial charge >= 0.3 is 5.97 Å². The topological polar surface area (TPSA) is 65.1 Å². The summed E-state index contributed by atoms with van der Waals surface area (Å²) < 4.78 is 15.9. The molecule has 2 aliphatic rings. The van der Waals surface area contributed by atoms with E-state index in [0.29, 0.717) is 30.3 Å². The summed E-state index contributed by atoms with van der Waals surface area (Å²) in [5.74, 6) is 0.687. The average molecular weight is 339 g/mol. The lowest BCUT2D eigenvalue weighted by molar-refractivity contribution is -0.139. The van der Waals surface area contributed by atoms with Crippen molar-refractivity contribution in [2.75, 3.05) is 13.3 Å². The first kappa shape index (κ1) is 15.5. The number of carbonyl (C=O) groups excluding carboxylic acids is 2. The lowest BCUT2D eigenvalue weighted by Crippen LogP contribution is -2.27. The summed E-state index contributed by atoms with van der Waals surface area (Å²) in [7, 11) is 0. The van der Waals surface area contributed by atoms with Gasteiger partial charge in [0.15, 0.2) is 11.5 Å². The monoisotopic (exact) mass is 339 g/mol. The number of ether oxygens (including phenoxy) is 3. The minimum Gasteiger partial charge on any atom is -0.454 e. The predicted molar refractivity (Wildman–Crippen MR) is 88.2 cm³/mol. The molecule has 2 aliphatic heterocycles. The van der Waals surface area contributed by atoms with E-state index >= 15 is 0 Å². The second-order valence-electron chi connectivity index (χ2n) is 6.10. The number of nitrogens with zero attached hydrogens (tertiary/aromatic N) is 1. The summed E-state index contributed by atoms with van der Waals surface area (Å²) in [4.78, 5) is 26.3. The molecule has 0 aliphatic carbocycles. The first-order valence-electron chi connectivity index (χ1n) is 8.12. The molecule has 0 N–H and O–H groups in total. The number of carbonyl (C=O) groups is 2. The van der Waals surface area contributed by atoms with Gasteiger partial charge in [0.2, 0.25) is 12.7 Å². The number of hydrogen-bond acceptors (Lipinski definition) is 5. The summed E-state index contributed by atoms with van der Waals surface area (Å²) in [6.45, 7) is 1.04. The Morgan fingerprint density at radius 1 is 1.12 bits per heavy atom. The van der Waals surface area contributed by atoms with Crippen molar-refractivity contribution in [1.82, 2.24) is 4.90 Å². The number of hydrogen-bond donors (Lipinski definition) is 0. The largest absolute Gasteiger partial charge is 0.454 e. The highest BCUT2D eigenvalue weighted by molar-refractivity contribution is 5.87. The Hall–Kier alpha value is -3.02. The van der Waals surface area contributed by atoms with Gasteiger partial charge in [0.05, 0.1) is 5.92 Å². The third-order valence-corrected chi connectivity index (χ3v) is 4.33. The summed E-state index contributed by atoms with van der Waals surface area (Å²) in [5, 5.41) is 0. The molecule has 0 spiro atoms. The van der Waals surface area contributed by atoms with E-state index < -0.39 is 11.9 Å². The van der Waals surface area contributed by atoms with Crippen molar-refractivity contribution in [3.8, 4) is 17.2 Å². The molecule has 0 aromatic heterocycles. The maximum Gasteiger partial charge on any atom is 0.316 e. The molecule has 4 rings (SSSR count). The highest BCUT2D eigenvalue weighted by Crippen LogP contribution is 2.35. The lowest BCUT2D eigenvalue weighted by Gasteiger charge is -2.16. The molecule has 1 atom stereocenters. The smallest absolute Gasteiger partial charge is 0.316 e. The molecule has 2 aromatic rings. The van der Waals surface area contributed by atoms with Crippen LogP contribution in [-0.2, 0) is 16.1 Å². The third kappa shape index (κ3) is 3.28. The summed E-state index contributed by atoms with van der Waals surface area (Å²) in [5.41, 5.74) is 1.04. The van der Waals surface area contributed by atoms with E-state index in [1.165, 1.54) is 0 Å². The molecule has 2 aromatic carbocycles. The molecule has 0 unspecified atom stereocenters. The zero-order chi connectivity index (χ0) is 17.2. The number of esters is 1. The standard InChI is InChI=1S/C19H17NO5/c21-18-8-14(11-20(18)10-13-4-2-1-3-5-13)19(22)25-15-6-7-16-17(9-15)24-12-23-16/h1-7,9,14H,8,10-12H2/t14-/m1/s1. The van der Waals surface area contributed by atoms with Gasteiger partial charge in [0.25, 0.3) is 0 Å². The number of benzene rings is 2. The molecule has 6 nitrogen and oxygen atoms in total. The maximum absolute atomic E-state index is 12.4. The second kappa shape index (κ2) is 6.47. The van der Waals surface area contributed by atoms with Gasteiger partial charge in [-0.2, -0.15) is 0 Å². The van der Waals surface area contributed by atoms with E-state index in [4.69, 9.17) is 14.2 Å². The molecule has 1 fully saturated rings. The van der Waals surface area contributed by atoms with Crippen LogP contribution in [-0.4, -0.2) is 30.1 Å². The van der Waals surface area contributed by atoms with Crippen LogP contribution in [0.2, 0.25) is 0 Å². The number of rotatable bonds is 4. The molecule has 0 saturated carbocycles. The zero-order valence-corrected chi connectivity index (χ0v) is 13.5. The van der Waals surface area contributed by atoms with Crippen LogP contribution >= 0.6 is 0 Å². The van der Waals surface area contributed by atoms with Crippen LogP contribution in [0.15, 0.2) is 48.5 Å². The van der Waals surface area contributed by atoms with E-state index in [9.17, 15) is 9.59 Å². The van der Waals surface area contributed by atoms with Crippen LogP contribution in [0.4, 0.5) is 0 Å². The first-order chi connectivity index (χ1) is 12.2. The van der Waals surface area contributed by atoms with Crippen molar-refractivity contribution in [3.63, 3.8) is 0 Å². The number of fused-ring (bicyclic) bond motifs is 1. The average Bonchev–Trinajstić information content (AvgIpc) is 3.22. The normalized spacial score (nSPS) is 18.5. The zero-order valence-electron chi connectivity index (χ0n) is 13.5. The van der Waals surface area contributed by atoms with Crippen LogP contribution in [0.3, 0.4) is 0 Å². The molecule has 0 bridgehead atoms. The van der Waals surface area contributed by atoms with Crippen LogP contribution in [0, 0.1) is 5.92 Å². The van der Waals surface area contributed by atoms with Gasteiger partial charge in [-0.1, -0.05) is 30.3 Å². The minimum atomic E-state index is -0.457. The highest BCUT2D eigenvalue weighted by Gasteiger charge is 2.35. The van der Waals surface area contributed by atoms with E-state index in [0.717, 1.165) is 5.56 Å². The molecule has 128 valence electrons. The van der Waals surface area contributed by atoms with Crippen molar-refractivity contribution in [2.45, 2.75) is 13.0 Å². The van der Waals surface area contributed by atoms with E-state index in [-0.39, 0.29) is 19.1 Å². The Labute approximate surface area is 144 Å². The van der Waals surface area contributed by atoms with Crippen LogP contribution in [0.1, 0.15) is 12.0 Å². The quantitative estimate of drug-likeness (QED) is 0.632. The molecule has 2 heterocycles. The van der Waals surface area contributed by atoms with Crippen LogP contribution in [0.25, 0.3) is 0 Å². The number of likely N-dealkylation sites (tertiary alicyclic amines) is 1. The third-order valence-electron chi connectivity index (χ3n) is 4.33. The molecule has 25 heavy (non-hydrogen) atoms. The van der Waals surface area contributed by atoms with Crippen LogP contribution < -0.4 is 14.2 Å². The second-order valence-corrected chi connectivity index (χ2v) is 6.10. The van der Waals surface area contributed by atoms with Gasteiger partial charge in [0, 0.05) is 25.6 Å². The molecule has 1 saturated heterocycles. The summed E-state index contributed by atoms with van der Waals surface area (Å²) in [6.07, 6.45) is 0.177. The van der Waals surface area contributed by atoms with Crippen LogP contribution in [0.5, 0.6) is 17.2 Å². The van der Waals surface area contributed by atoms with Gasteiger partial charge < -0.3 is 19.1 Å². The Bertz CT molecular complexity index is 805. The van der Waals surface area contributed by atoms with Crippen molar-refractivity contribution in [1.29, 1.82) is 0 Å². The van der Waals surface area contributed by atoms with Gasteiger partial charge in [-0.05, 0) is 17.7 Å². The predicted octanol–water partition coefficient (Wildman–Crippen LogP) is 2.37. The molecule has 6 heteroatoms. The van der Waals surface area contributed by atoms with Crippen molar-refractivity contribution < 1.29 is 23.8 Å². The van der Waals surface area contributed by atoms with Gasteiger partial charge in [-0.15, -0.1) is 0 Å². The van der Waals surface area contributed by atoms with Crippen molar-refractivity contribution in [3.05, 3.63) is 54.1 Å². The SMILES string of the molecule is O=C(Oc1ccc2c(c1)OCO2)[C@@H]1CC(=O)N(Cc2ccccc2)C1. The fraction of sp³-hybridized carbons (Fsp3) is 0.263. The molecular weight excluding hydrogens is 322 g/mol. The molecular formula is C19H17NO5. The Kier molecular flexibility index (Phi) is 4.01. The fourth-order valence-electron chi connectivity index (χ4n) is 3.03. The molecule has 0 radical (unpaired) electrons. The van der Waals surface area contributed by atoms with Crippen molar-refractivity contribution in [2.24, 2.45) is 5.92 Å². The number of amides is 1. The van der Waals surface area contributed by atoms with E-state index in [1.807, 2.05) is 30.3 Å². The van der Waals surface area contributed by atoms with Gasteiger partial charge in [-0.3, -0.25) is 9.59 Å². The fourth-order valence-corrected chi connectivity index (χ4v) is 3.03. The highest BCUT2D eigenvalue weighted by atomic mass is 16.7. The van der Waals surface area contributed by atoms with E-state index in [1.54, 1.807) is 23.1 Å². The summed E-state index contributed by atoms with van der Waals surface area (Å²) in [6, 6.07) is 14.7. The Morgan fingerprint density at radius 2 is 1.92 bits per heavy atom. The lowest BCUT2D eigenvalue weighted by atomic mass is 10.1. The van der Waals surface area contributed by atoms with Gasteiger partial charge in [-0.25, -0.2) is 0 Å². The van der Waals surface area contributed by atoms with Crippen molar-refractivity contribution >= 4 is 11.9 Å². The Balaban J connectivity index is 1.39. The minimum absolute atomic E-state index is 0.0310. The van der Waals surface area contributed by atoms with E-state index in [2.05, 4.69) is 0 Å².